The molecule has 0 aliphatic heterocycles. The van der Waals surface area contributed by atoms with Crippen LogP contribution in [-0.4, -0.2) is 37.1 Å². The molecule has 0 unspecified atom stereocenters. The summed E-state index contributed by atoms with van der Waals surface area (Å²) in [5.41, 5.74) is 8.47. The Balaban J connectivity index is 1.54. The van der Waals surface area contributed by atoms with Crippen LogP contribution in [0.4, 0.5) is 0 Å². The second-order valence-electron chi connectivity index (χ2n) is 7.60. The van der Waals surface area contributed by atoms with Crippen LogP contribution in [0.3, 0.4) is 0 Å². The molecule has 1 N–H and O–H groups in total. The SMILES string of the molecule is C/C(=N\NC(=O)CSc1nnc(-c2ccc(C)cc2)n1-c1ccc(C)cc1)c1ccncc1. The number of carbonyl (C=O) groups is 1. The standard InChI is InChI=1S/C25H24N6OS/c1-17-4-8-21(9-5-17)24-29-30-25(31(24)22-10-6-18(2)7-11-22)33-16-23(32)28-27-19(3)20-12-14-26-15-13-20/h4-15H,16H2,1-3H3,(H,28,32)/b27-19+. The maximum atomic E-state index is 12.5. The summed E-state index contributed by atoms with van der Waals surface area (Å²) < 4.78 is 1.98. The first kappa shape index (κ1) is 22.4. The van der Waals surface area contributed by atoms with E-state index in [1.54, 1.807) is 12.4 Å². The minimum atomic E-state index is -0.219. The highest BCUT2D eigenvalue weighted by Crippen LogP contribution is 2.28. The lowest BCUT2D eigenvalue weighted by molar-refractivity contribution is -0.118. The van der Waals surface area contributed by atoms with Crippen LogP contribution < -0.4 is 5.43 Å². The number of nitrogens with zero attached hydrogens (tertiary/aromatic N) is 5. The number of hydrazone groups is 1. The van der Waals surface area contributed by atoms with E-state index in [1.165, 1.54) is 22.9 Å². The monoisotopic (exact) mass is 456 g/mol. The molecule has 0 atom stereocenters. The Bertz CT molecular complexity index is 1260. The first-order chi connectivity index (χ1) is 16.0. The number of pyridine rings is 1. The summed E-state index contributed by atoms with van der Waals surface area (Å²) in [6.45, 7) is 5.93. The van der Waals surface area contributed by atoms with E-state index in [0.717, 1.165) is 22.6 Å². The zero-order valence-corrected chi connectivity index (χ0v) is 19.5. The van der Waals surface area contributed by atoms with Crippen LogP contribution in [-0.2, 0) is 4.79 Å². The second kappa shape index (κ2) is 10.2. The quantitative estimate of drug-likeness (QED) is 0.250. The number of rotatable bonds is 7. The number of amides is 1. The van der Waals surface area contributed by atoms with Gasteiger partial charge in [0.2, 0.25) is 0 Å². The molecule has 0 saturated heterocycles. The zero-order valence-electron chi connectivity index (χ0n) is 18.7. The van der Waals surface area contributed by atoms with Crippen molar-refractivity contribution in [3.8, 4) is 17.1 Å². The van der Waals surface area contributed by atoms with Crippen molar-refractivity contribution in [2.75, 3.05) is 5.75 Å². The largest absolute Gasteiger partial charge is 0.272 e. The summed E-state index contributed by atoms with van der Waals surface area (Å²) in [5, 5.41) is 13.6. The minimum Gasteiger partial charge on any atom is -0.272 e. The van der Waals surface area contributed by atoms with Crippen LogP contribution in [0.2, 0.25) is 0 Å². The zero-order chi connectivity index (χ0) is 23.2. The van der Waals surface area contributed by atoms with Crippen LogP contribution in [0.5, 0.6) is 0 Å². The van der Waals surface area contributed by atoms with E-state index in [2.05, 4.69) is 25.7 Å². The number of nitrogens with one attached hydrogen (secondary N) is 1. The summed E-state index contributed by atoms with van der Waals surface area (Å²) in [5.74, 6) is 0.669. The van der Waals surface area contributed by atoms with Gasteiger partial charge in [0.05, 0.1) is 11.5 Å². The molecule has 7 nitrogen and oxygen atoms in total. The van der Waals surface area contributed by atoms with Gasteiger partial charge in [-0.2, -0.15) is 5.10 Å². The lowest BCUT2D eigenvalue weighted by atomic mass is 10.1. The number of thioether (sulfide) groups is 1. The van der Waals surface area contributed by atoms with Crippen LogP contribution in [0, 0.1) is 13.8 Å². The molecule has 0 fully saturated rings. The number of carbonyl (C=O) groups excluding carboxylic acids is 1. The van der Waals surface area contributed by atoms with Crippen LogP contribution in [0.25, 0.3) is 17.1 Å². The molecule has 0 radical (unpaired) electrons. The topological polar surface area (TPSA) is 85.1 Å². The number of hydrogen-bond acceptors (Lipinski definition) is 6. The van der Waals surface area contributed by atoms with Gasteiger partial charge < -0.3 is 0 Å². The number of aromatic nitrogens is 4. The molecule has 33 heavy (non-hydrogen) atoms. The van der Waals surface area contributed by atoms with E-state index in [1.807, 2.05) is 86.0 Å². The van der Waals surface area contributed by atoms with Crippen molar-refractivity contribution < 1.29 is 4.79 Å². The third-order valence-electron chi connectivity index (χ3n) is 5.01. The Hall–Kier alpha value is -3.78. The van der Waals surface area contributed by atoms with Gasteiger partial charge in [-0.15, -0.1) is 10.2 Å². The molecule has 0 spiro atoms. The lowest BCUT2D eigenvalue weighted by Crippen LogP contribution is -2.21. The Morgan fingerprint density at radius 1 is 0.939 bits per heavy atom. The van der Waals surface area contributed by atoms with Crippen molar-refractivity contribution in [2.45, 2.75) is 25.9 Å². The number of benzene rings is 2. The third kappa shape index (κ3) is 5.53. The maximum absolute atomic E-state index is 12.5. The van der Waals surface area contributed by atoms with Crippen molar-refractivity contribution in [1.29, 1.82) is 0 Å². The Labute approximate surface area is 197 Å². The van der Waals surface area contributed by atoms with Crippen molar-refractivity contribution in [3.63, 3.8) is 0 Å². The molecule has 2 heterocycles. The molecule has 2 aromatic heterocycles. The molecular weight excluding hydrogens is 432 g/mol. The van der Waals surface area contributed by atoms with Gasteiger partial charge in [0, 0.05) is 29.2 Å². The minimum absolute atomic E-state index is 0.158. The van der Waals surface area contributed by atoms with Crippen molar-refractivity contribution in [3.05, 3.63) is 89.7 Å². The third-order valence-corrected chi connectivity index (χ3v) is 5.94. The van der Waals surface area contributed by atoms with Gasteiger partial charge >= 0.3 is 0 Å². The number of aryl methyl sites for hydroxylation is 2. The summed E-state index contributed by atoms with van der Waals surface area (Å²) in [7, 11) is 0. The maximum Gasteiger partial charge on any atom is 0.250 e. The molecule has 1 amide bonds. The fourth-order valence-corrected chi connectivity index (χ4v) is 3.89. The fraction of sp³-hybridized carbons (Fsp3) is 0.160. The van der Waals surface area contributed by atoms with E-state index < -0.39 is 0 Å². The van der Waals surface area contributed by atoms with E-state index >= 15 is 0 Å². The molecule has 4 aromatic rings. The van der Waals surface area contributed by atoms with E-state index in [4.69, 9.17) is 0 Å². The van der Waals surface area contributed by atoms with Gasteiger partial charge in [0.25, 0.3) is 5.91 Å². The first-order valence-electron chi connectivity index (χ1n) is 10.5. The fourth-order valence-electron chi connectivity index (χ4n) is 3.15. The van der Waals surface area contributed by atoms with Crippen LogP contribution in [0.1, 0.15) is 23.6 Å². The van der Waals surface area contributed by atoms with E-state index in [9.17, 15) is 4.79 Å². The molecular formula is C25H24N6OS. The molecule has 8 heteroatoms. The predicted molar refractivity (Wildman–Crippen MR) is 132 cm³/mol. The van der Waals surface area contributed by atoms with Crippen LogP contribution in [0.15, 0.2) is 83.3 Å². The average Bonchev–Trinajstić information content (AvgIpc) is 3.26. The van der Waals surface area contributed by atoms with E-state index in [0.29, 0.717) is 10.9 Å². The lowest BCUT2D eigenvalue weighted by Gasteiger charge is -2.11. The molecule has 0 bridgehead atoms. The summed E-state index contributed by atoms with van der Waals surface area (Å²) in [4.78, 5) is 16.4. The normalized spacial score (nSPS) is 11.4. The van der Waals surface area contributed by atoms with Gasteiger partial charge in [-0.1, -0.05) is 59.3 Å². The summed E-state index contributed by atoms with van der Waals surface area (Å²) in [6.07, 6.45) is 3.38. The highest BCUT2D eigenvalue weighted by molar-refractivity contribution is 7.99. The highest BCUT2D eigenvalue weighted by Gasteiger charge is 2.17. The van der Waals surface area contributed by atoms with Gasteiger partial charge in [-0.25, -0.2) is 5.43 Å². The summed E-state index contributed by atoms with van der Waals surface area (Å²) >= 11 is 1.32. The second-order valence-corrected chi connectivity index (χ2v) is 8.54. The molecule has 166 valence electrons. The Kier molecular flexibility index (Phi) is 6.95. The average molecular weight is 457 g/mol. The molecule has 0 aliphatic carbocycles. The van der Waals surface area contributed by atoms with Crippen molar-refractivity contribution >= 4 is 23.4 Å². The molecule has 0 aliphatic rings. The summed E-state index contributed by atoms with van der Waals surface area (Å²) in [6, 6.07) is 20.0. The highest BCUT2D eigenvalue weighted by atomic mass is 32.2. The molecule has 2 aromatic carbocycles. The Morgan fingerprint density at radius 2 is 1.58 bits per heavy atom. The van der Waals surface area contributed by atoms with Gasteiger partial charge in [0.1, 0.15) is 0 Å². The van der Waals surface area contributed by atoms with Gasteiger partial charge in [-0.3, -0.25) is 14.3 Å². The molecule has 4 rings (SSSR count). The van der Waals surface area contributed by atoms with E-state index in [-0.39, 0.29) is 11.7 Å². The molecule has 0 saturated carbocycles. The first-order valence-corrected chi connectivity index (χ1v) is 11.5. The van der Waals surface area contributed by atoms with Crippen LogP contribution >= 0.6 is 11.8 Å². The van der Waals surface area contributed by atoms with Gasteiger partial charge in [0.15, 0.2) is 11.0 Å². The number of hydrogen-bond donors (Lipinski definition) is 1. The predicted octanol–water partition coefficient (Wildman–Crippen LogP) is 4.58. The smallest absolute Gasteiger partial charge is 0.250 e. The Morgan fingerprint density at radius 3 is 2.24 bits per heavy atom. The van der Waals surface area contributed by atoms with Gasteiger partial charge in [-0.05, 0) is 45.0 Å². The van der Waals surface area contributed by atoms with Crippen molar-refractivity contribution in [2.24, 2.45) is 5.10 Å². The van der Waals surface area contributed by atoms with Crippen molar-refractivity contribution in [1.82, 2.24) is 25.2 Å².